The van der Waals surface area contributed by atoms with E-state index < -0.39 is 0 Å². The van der Waals surface area contributed by atoms with Crippen molar-refractivity contribution < 1.29 is 9.32 Å². The minimum Gasteiger partial charge on any atom is -0.360 e. The average Bonchev–Trinajstić information content (AvgIpc) is 3.48. The van der Waals surface area contributed by atoms with Gasteiger partial charge in [-0.05, 0) is 44.7 Å². The van der Waals surface area contributed by atoms with Crippen LogP contribution in [0.25, 0.3) is 17.0 Å². The number of carbonyl (C=O) groups is 1. The molecule has 1 saturated heterocycles. The van der Waals surface area contributed by atoms with Crippen LogP contribution < -0.4 is 4.90 Å². The van der Waals surface area contributed by atoms with Crippen LogP contribution in [0.2, 0.25) is 10.0 Å². The zero-order valence-corrected chi connectivity index (χ0v) is 20.7. The predicted octanol–water partition coefficient (Wildman–Crippen LogP) is 4.24. The highest BCUT2D eigenvalue weighted by Gasteiger charge is 2.32. The molecule has 1 fully saturated rings. The van der Waals surface area contributed by atoms with E-state index in [1.54, 1.807) is 31.5 Å². The van der Waals surface area contributed by atoms with E-state index >= 15 is 0 Å². The van der Waals surface area contributed by atoms with Gasteiger partial charge in [0, 0.05) is 37.3 Å². The van der Waals surface area contributed by atoms with Gasteiger partial charge in [0.15, 0.2) is 0 Å². The number of rotatable bonds is 3. The molecule has 35 heavy (non-hydrogen) atoms. The Kier molecular flexibility index (Phi) is 5.61. The largest absolute Gasteiger partial charge is 0.360 e. The number of amides is 1. The van der Waals surface area contributed by atoms with Crippen LogP contribution in [0.5, 0.6) is 0 Å². The first-order valence-corrected chi connectivity index (χ1v) is 12.4. The number of carbonyl (C=O) groups excluding carboxylic acids is 1. The number of piperazine rings is 1. The normalized spacial score (nSPS) is 16.1. The minimum atomic E-state index is -0.142. The third-order valence-corrected chi connectivity index (χ3v) is 7.45. The van der Waals surface area contributed by atoms with Gasteiger partial charge in [0.25, 0.3) is 11.7 Å². The van der Waals surface area contributed by atoms with Crippen LogP contribution in [0.15, 0.2) is 29.0 Å². The SMILES string of the molecule is Cc1onc(-c2c(Cl)cccc2Cl)c1C(=O)N1CCN(c2c3c(nc4ncnn24)CCCC3)CC1. The summed E-state index contributed by atoms with van der Waals surface area (Å²) < 4.78 is 7.25. The van der Waals surface area contributed by atoms with Gasteiger partial charge < -0.3 is 14.3 Å². The van der Waals surface area contributed by atoms with Crippen molar-refractivity contribution in [1.82, 2.24) is 29.6 Å². The van der Waals surface area contributed by atoms with E-state index in [-0.39, 0.29) is 5.91 Å². The summed E-state index contributed by atoms with van der Waals surface area (Å²) in [5, 5.41) is 9.42. The molecular formula is C24H23Cl2N7O2. The molecule has 0 atom stereocenters. The lowest BCUT2D eigenvalue weighted by molar-refractivity contribution is 0.0745. The van der Waals surface area contributed by atoms with Gasteiger partial charge in [-0.25, -0.2) is 4.98 Å². The number of nitrogens with zero attached hydrogens (tertiary/aromatic N) is 7. The van der Waals surface area contributed by atoms with Crippen LogP contribution in [0.4, 0.5) is 5.82 Å². The Balaban J connectivity index is 1.28. The van der Waals surface area contributed by atoms with E-state index in [9.17, 15) is 4.79 Å². The highest BCUT2D eigenvalue weighted by Crippen LogP contribution is 2.37. The van der Waals surface area contributed by atoms with Crippen LogP contribution in [0.3, 0.4) is 0 Å². The molecular weight excluding hydrogens is 489 g/mol. The van der Waals surface area contributed by atoms with Gasteiger partial charge in [0.05, 0.1) is 15.7 Å². The van der Waals surface area contributed by atoms with Crippen molar-refractivity contribution in [3.05, 3.63) is 57.2 Å². The third-order valence-electron chi connectivity index (χ3n) is 6.82. The monoisotopic (exact) mass is 511 g/mol. The number of fused-ring (bicyclic) bond motifs is 2. The third kappa shape index (κ3) is 3.73. The number of aryl methyl sites for hydroxylation is 2. The lowest BCUT2D eigenvalue weighted by Crippen LogP contribution is -2.49. The minimum absolute atomic E-state index is 0.142. The fourth-order valence-corrected chi connectivity index (χ4v) is 5.66. The maximum Gasteiger partial charge on any atom is 0.259 e. The molecule has 0 bridgehead atoms. The average molecular weight is 512 g/mol. The Labute approximate surface area is 211 Å². The predicted molar refractivity (Wildman–Crippen MR) is 132 cm³/mol. The highest BCUT2D eigenvalue weighted by molar-refractivity contribution is 6.39. The van der Waals surface area contributed by atoms with Gasteiger partial charge in [0.1, 0.15) is 29.2 Å². The van der Waals surface area contributed by atoms with E-state index in [0.717, 1.165) is 37.2 Å². The van der Waals surface area contributed by atoms with Crippen molar-refractivity contribution in [2.75, 3.05) is 31.1 Å². The van der Waals surface area contributed by atoms with Crippen LogP contribution in [-0.4, -0.2) is 61.7 Å². The van der Waals surface area contributed by atoms with Crippen molar-refractivity contribution in [3.63, 3.8) is 0 Å². The van der Waals surface area contributed by atoms with Gasteiger partial charge in [-0.3, -0.25) is 4.79 Å². The van der Waals surface area contributed by atoms with Gasteiger partial charge in [-0.2, -0.15) is 14.6 Å². The van der Waals surface area contributed by atoms with Crippen molar-refractivity contribution in [2.24, 2.45) is 0 Å². The molecule has 4 heterocycles. The van der Waals surface area contributed by atoms with E-state index in [1.165, 1.54) is 5.56 Å². The molecule has 1 aliphatic heterocycles. The van der Waals surface area contributed by atoms with E-state index in [2.05, 4.69) is 20.1 Å². The molecule has 9 nitrogen and oxygen atoms in total. The number of halogens is 2. The molecule has 0 spiro atoms. The van der Waals surface area contributed by atoms with E-state index in [0.29, 0.717) is 64.6 Å². The van der Waals surface area contributed by atoms with E-state index in [1.807, 2.05) is 9.42 Å². The molecule has 0 unspecified atom stereocenters. The summed E-state index contributed by atoms with van der Waals surface area (Å²) in [4.78, 5) is 26.8. The first-order chi connectivity index (χ1) is 17.0. The van der Waals surface area contributed by atoms with Crippen LogP contribution in [-0.2, 0) is 12.8 Å². The fraction of sp³-hybridized carbons (Fsp3) is 0.375. The smallest absolute Gasteiger partial charge is 0.259 e. The lowest BCUT2D eigenvalue weighted by atomic mass is 9.96. The van der Waals surface area contributed by atoms with Gasteiger partial charge in [-0.15, -0.1) is 0 Å². The van der Waals surface area contributed by atoms with Crippen molar-refractivity contribution in [3.8, 4) is 11.3 Å². The quantitative estimate of drug-likeness (QED) is 0.406. The summed E-state index contributed by atoms with van der Waals surface area (Å²) in [6.07, 6.45) is 5.77. The maximum absolute atomic E-state index is 13.6. The van der Waals surface area contributed by atoms with Crippen molar-refractivity contribution in [2.45, 2.75) is 32.6 Å². The number of aromatic nitrogens is 5. The Bertz CT molecular complexity index is 1420. The molecule has 1 amide bonds. The Morgan fingerprint density at radius 3 is 2.57 bits per heavy atom. The fourth-order valence-electron chi connectivity index (χ4n) is 5.09. The van der Waals surface area contributed by atoms with Crippen LogP contribution >= 0.6 is 23.2 Å². The van der Waals surface area contributed by atoms with Gasteiger partial charge >= 0.3 is 0 Å². The summed E-state index contributed by atoms with van der Waals surface area (Å²) in [6, 6.07) is 5.20. The molecule has 0 radical (unpaired) electrons. The summed E-state index contributed by atoms with van der Waals surface area (Å²) in [6.45, 7) is 4.17. The first kappa shape index (κ1) is 22.3. The van der Waals surface area contributed by atoms with Crippen LogP contribution in [0, 0.1) is 6.92 Å². The maximum atomic E-state index is 13.6. The second-order valence-electron chi connectivity index (χ2n) is 8.88. The van der Waals surface area contributed by atoms with Crippen LogP contribution in [0.1, 0.15) is 40.2 Å². The topological polar surface area (TPSA) is 92.7 Å². The standard InChI is InChI=1S/C24H23Cl2N7O2/c1-14-19(21(30-35-14)20-16(25)6-4-7-17(20)26)23(34)32-11-9-31(10-12-32)22-15-5-2-3-8-18(15)29-24-27-13-28-33(22)24/h4,6-7,13H,2-3,5,8-12H2,1H3. The summed E-state index contributed by atoms with van der Waals surface area (Å²) in [5.74, 6) is 1.98. The molecule has 1 aromatic carbocycles. The number of hydrogen-bond acceptors (Lipinski definition) is 7. The Hall–Kier alpha value is -3.17. The Morgan fingerprint density at radius 2 is 1.80 bits per heavy atom. The molecule has 3 aromatic heterocycles. The molecule has 6 rings (SSSR count). The summed E-state index contributed by atoms with van der Waals surface area (Å²) in [5.41, 5.74) is 3.64. The number of hydrogen-bond donors (Lipinski definition) is 0. The molecule has 2 aliphatic rings. The molecule has 180 valence electrons. The lowest BCUT2D eigenvalue weighted by Gasteiger charge is -2.37. The molecule has 1 aliphatic carbocycles. The number of anilines is 1. The Morgan fingerprint density at radius 1 is 1.06 bits per heavy atom. The second kappa shape index (κ2) is 8.80. The van der Waals surface area contributed by atoms with Gasteiger partial charge in [-0.1, -0.05) is 34.4 Å². The first-order valence-electron chi connectivity index (χ1n) is 11.7. The summed E-state index contributed by atoms with van der Waals surface area (Å²) in [7, 11) is 0. The second-order valence-corrected chi connectivity index (χ2v) is 9.69. The molecule has 0 saturated carbocycles. The molecule has 0 N–H and O–H groups in total. The molecule has 11 heteroatoms. The number of benzene rings is 1. The molecule has 4 aromatic rings. The van der Waals surface area contributed by atoms with Crippen molar-refractivity contribution >= 4 is 40.7 Å². The van der Waals surface area contributed by atoms with Crippen molar-refractivity contribution in [1.29, 1.82) is 0 Å². The highest BCUT2D eigenvalue weighted by atomic mass is 35.5. The zero-order chi connectivity index (χ0) is 24.1. The van der Waals surface area contributed by atoms with Gasteiger partial charge in [0.2, 0.25) is 0 Å². The van der Waals surface area contributed by atoms with E-state index in [4.69, 9.17) is 32.7 Å². The zero-order valence-electron chi connectivity index (χ0n) is 19.2. The summed E-state index contributed by atoms with van der Waals surface area (Å²) >= 11 is 12.8.